The van der Waals surface area contributed by atoms with Crippen LogP contribution in [0.25, 0.3) is 0 Å². The maximum atomic E-state index is 11.5. The molecule has 2 N–H and O–H groups in total. The summed E-state index contributed by atoms with van der Waals surface area (Å²) in [7, 11) is 1.41. The maximum Gasteiger partial charge on any atom is 0.409 e. The molecule has 0 radical (unpaired) electrons. The van der Waals surface area contributed by atoms with Crippen LogP contribution in [0.4, 0.5) is 4.79 Å². The highest BCUT2D eigenvalue weighted by molar-refractivity contribution is 5.68. The van der Waals surface area contributed by atoms with E-state index in [0.717, 1.165) is 18.5 Å². The van der Waals surface area contributed by atoms with Crippen molar-refractivity contribution < 1.29 is 9.53 Å². The predicted molar refractivity (Wildman–Crippen MR) is 65.6 cm³/mol. The Kier molecular flexibility index (Phi) is 3.33. The fourth-order valence-electron chi connectivity index (χ4n) is 2.15. The molecule has 1 aromatic carbocycles. The smallest absolute Gasteiger partial charge is 0.409 e. The summed E-state index contributed by atoms with van der Waals surface area (Å²) in [4.78, 5) is 13.2. The summed E-state index contributed by atoms with van der Waals surface area (Å²) in [6, 6.07) is 6.29. The molecule has 0 saturated carbocycles. The van der Waals surface area contributed by atoms with Crippen molar-refractivity contribution in [1.29, 1.82) is 0 Å². The number of carbonyl (C=O) groups is 1. The Bertz CT molecular complexity index is 429. The van der Waals surface area contributed by atoms with Crippen molar-refractivity contribution in [2.24, 2.45) is 5.73 Å². The van der Waals surface area contributed by atoms with Gasteiger partial charge in [0, 0.05) is 19.1 Å². The van der Waals surface area contributed by atoms with E-state index in [1.807, 2.05) is 6.92 Å². The summed E-state index contributed by atoms with van der Waals surface area (Å²) >= 11 is 0. The summed E-state index contributed by atoms with van der Waals surface area (Å²) in [5, 5.41) is 0. The van der Waals surface area contributed by atoms with Crippen LogP contribution in [-0.2, 0) is 17.7 Å². The van der Waals surface area contributed by atoms with Gasteiger partial charge in [0.1, 0.15) is 0 Å². The number of fused-ring (bicyclic) bond motifs is 1. The number of nitrogens with zero attached hydrogens (tertiary/aromatic N) is 1. The maximum absolute atomic E-state index is 11.5. The van der Waals surface area contributed by atoms with Gasteiger partial charge in [-0.25, -0.2) is 4.79 Å². The monoisotopic (exact) mass is 234 g/mol. The molecule has 0 saturated heterocycles. The van der Waals surface area contributed by atoms with E-state index >= 15 is 0 Å². The van der Waals surface area contributed by atoms with E-state index in [1.54, 1.807) is 4.90 Å². The van der Waals surface area contributed by atoms with Crippen LogP contribution in [0.15, 0.2) is 18.2 Å². The first kappa shape index (κ1) is 11.9. The Morgan fingerprint density at radius 1 is 1.47 bits per heavy atom. The zero-order chi connectivity index (χ0) is 12.4. The lowest BCUT2D eigenvalue weighted by molar-refractivity contribution is 0.118. The molecular weight excluding hydrogens is 216 g/mol. The standard InChI is InChI=1S/C13H18N2O2/c1-9(14)11-4-3-10-5-6-15(13(16)17-2)8-12(10)7-11/h3-4,7,9H,5-6,8,14H2,1-2H3. The van der Waals surface area contributed by atoms with Crippen molar-refractivity contribution in [3.05, 3.63) is 34.9 Å². The van der Waals surface area contributed by atoms with Crippen LogP contribution in [0.5, 0.6) is 0 Å². The second-order valence-corrected chi connectivity index (χ2v) is 4.46. The number of ether oxygens (including phenoxy) is 1. The van der Waals surface area contributed by atoms with Crippen LogP contribution in [0.2, 0.25) is 0 Å². The third-order valence-corrected chi connectivity index (χ3v) is 3.20. The number of amides is 1. The number of benzene rings is 1. The molecular formula is C13H18N2O2. The van der Waals surface area contributed by atoms with Crippen LogP contribution in [0, 0.1) is 0 Å². The average Bonchev–Trinajstić information content (AvgIpc) is 2.36. The van der Waals surface area contributed by atoms with E-state index in [0.29, 0.717) is 6.54 Å². The largest absolute Gasteiger partial charge is 0.453 e. The second kappa shape index (κ2) is 4.75. The van der Waals surface area contributed by atoms with Crippen molar-refractivity contribution in [1.82, 2.24) is 4.90 Å². The molecule has 1 amide bonds. The van der Waals surface area contributed by atoms with Crippen LogP contribution in [0.3, 0.4) is 0 Å². The van der Waals surface area contributed by atoms with Gasteiger partial charge in [-0.15, -0.1) is 0 Å². The number of carbonyl (C=O) groups excluding carboxylic acids is 1. The van der Waals surface area contributed by atoms with Crippen LogP contribution >= 0.6 is 0 Å². The molecule has 1 heterocycles. The normalized spacial score (nSPS) is 16.3. The molecule has 1 aliphatic heterocycles. The van der Waals surface area contributed by atoms with Gasteiger partial charge in [-0.05, 0) is 30.0 Å². The van der Waals surface area contributed by atoms with Gasteiger partial charge < -0.3 is 15.4 Å². The highest BCUT2D eigenvalue weighted by atomic mass is 16.5. The number of hydrogen-bond acceptors (Lipinski definition) is 3. The summed E-state index contributed by atoms with van der Waals surface area (Å²) in [6.07, 6.45) is 0.616. The number of nitrogens with two attached hydrogens (primary N) is 1. The van der Waals surface area contributed by atoms with Crippen molar-refractivity contribution in [2.75, 3.05) is 13.7 Å². The fourth-order valence-corrected chi connectivity index (χ4v) is 2.15. The lowest BCUT2D eigenvalue weighted by Crippen LogP contribution is -2.35. The minimum Gasteiger partial charge on any atom is -0.453 e. The van der Waals surface area contributed by atoms with Gasteiger partial charge >= 0.3 is 6.09 Å². The quantitative estimate of drug-likeness (QED) is 0.806. The second-order valence-electron chi connectivity index (χ2n) is 4.46. The summed E-state index contributed by atoms with van der Waals surface area (Å²) in [5.74, 6) is 0. The number of methoxy groups -OCH3 is 1. The summed E-state index contributed by atoms with van der Waals surface area (Å²) in [5.41, 5.74) is 9.45. The highest BCUT2D eigenvalue weighted by Gasteiger charge is 2.21. The Balaban J connectivity index is 2.23. The zero-order valence-corrected chi connectivity index (χ0v) is 10.3. The van der Waals surface area contributed by atoms with Crippen LogP contribution < -0.4 is 5.73 Å². The molecule has 92 valence electrons. The first-order valence-electron chi connectivity index (χ1n) is 5.82. The lowest BCUT2D eigenvalue weighted by atomic mass is 9.96. The van der Waals surface area contributed by atoms with Crippen LogP contribution in [-0.4, -0.2) is 24.6 Å². The Morgan fingerprint density at radius 3 is 2.88 bits per heavy atom. The average molecular weight is 234 g/mol. The van der Waals surface area contributed by atoms with E-state index in [2.05, 4.69) is 18.2 Å². The predicted octanol–water partition coefficient (Wildman–Crippen LogP) is 1.83. The van der Waals surface area contributed by atoms with Crippen molar-refractivity contribution in [3.63, 3.8) is 0 Å². The molecule has 17 heavy (non-hydrogen) atoms. The van der Waals surface area contributed by atoms with E-state index in [1.165, 1.54) is 18.2 Å². The molecule has 0 aliphatic carbocycles. The first-order chi connectivity index (χ1) is 8.11. The van der Waals surface area contributed by atoms with Gasteiger partial charge in [-0.1, -0.05) is 18.2 Å². The topological polar surface area (TPSA) is 55.6 Å². The molecule has 2 rings (SSSR count). The molecule has 1 aliphatic rings. The van der Waals surface area contributed by atoms with Crippen molar-refractivity contribution in [3.8, 4) is 0 Å². The Hall–Kier alpha value is -1.55. The molecule has 4 nitrogen and oxygen atoms in total. The van der Waals surface area contributed by atoms with Gasteiger partial charge in [0.05, 0.1) is 7.11 Å². The van der Waals surface area contributed by atoms with Crippen molar-refractivity contribution in [2.45, 2.75) is 25.9 Å². The van der Waals surface area contributed by atoms with Gasteiger partial charge in [0.25, 0.3) is 0 Å². The molecule has 1 aromatic rings. The highest BCUT2D eigenvalue weighted by Crippen LogP contribution is 2.22. The van der Waals surface area contributed by atoms with Gasteiger partial charge in [0.15, 0.2) is 0 Å². The van der Waals surface area contributed by atoms with Gasteiger partial charge in [-0.3, -0.25) is 0 Å². The number of rotatable bonds is 1. The van der Waals surface area contributed by atoms with Gasteiger partial charge in [0.2, 0.25) is 0 Å². The molecule has 0 fully saturated rings. The molecule has 0 bridgehead atoms. The molecule has 0 spiro atoms. The van der Waals surface area contributed by atoms with E-state index < -0.39 is 0 Å². The summed E-state index contributed by atoms with van der Waals surface area (Å²) < 4.78 is 4.74. The third kappa shape index (κ3) is 2.42. The lowest BCUT2D eigenvalue weighted by Gasteiger charge is -2.28. The molecule has 1 atom stereocenters. The number of hydrogen-bond donors (Lipinski definition) is 1. The Labute approximate surface area is 101 Å². The van der Waals surface area contributed by atoms with E-state index in [-0.39, 0.29) is 12.1 Å². The molecule has 0 aromatic heterocycles. The first-order valence-corrected chi connectivity index (χ1v) is 5.82. The summed E-state index contributed by atoms with van der Waals surface area (Å²) in [6.45, 7) is 3.29. The van der Waals surface area contributed by atoms with E-state index in [9.17, 15) is 4.79 Å². The zero-order valence-electron chi connectivity index (χ0n) is 10.3. The third-order valence-electron chi connectivity index (χ3n) is 3.20. The van der Waals surface area contributed by atoms with Gasteiger partial charge in [-0.2, -0.15) is 0 Å². The minimum absolute atomic E-state index is 0.0220. The van der Waals surface area contributed by atoms with E-state index in [4.69, 9.17) is 10.5 Å². The SMILES string of the molecule is COC(=O)N1CCc2ccc(C(C)N)cc2C1. The molecule has 4 heteroatoms. The molecule has 1 unspecified atom stereocenters. The van der Waals surface area contributed by atoms with Crippen molar-refractivity contribution >= 4 is 6.09 Å². The van der Waals surface area contributed by atoms with Crippen LogP contribution in [0.1, 0.15) is 29.7 Å². The fraction of sp³-hybridized carbons (Fsp3) is 0.462. The minimum atomic E-state index is -0.262. The Morgan fingerprint density at radius 2 is 2.24 bits per heavy atom.